The summed E-state index contributed by atoms with van der Waals surface area (Å²) in [5.41, 5.74) is 1.62. The monoisotopic (exact) mass is 264 g/mol. The molecule has 1 saturated carbocycles. The van der Waals surface area contributed by atoms with Crippen molar-refractivity contribution in [1.82, 2.24) is 4.98 Å². The molecular formula is C14H20N2O3. The van der Waals surface area contributed by atoms with Gasteiger partial charge in [-0.2, -0.15) is 0 Å². The third kappa shape index (κ3) is 2.97. The predicted molar refractivity (Wildman–Crippen MR) is 72.0 cm³/mol. The highest BCUT2D eigenvalue weighted by molar-refractivity contribution is 6.02. The van der Waals surface area contributed by atoms with E-state index in [2.05, 4.69) is 10.3 Å². The fraction of sp³-hybridized carbons (Fsp3) is 0.571. The van der Waals surface area contributed by atoms with Crippen LogP contribution >= 0.6 is 0 Å². The van der Waals surface area contributed by atoms with Crippen molar-refractivity contribution in [2.24, 2.45) is 11.8 Å². The van der Waals surface area contributed by atoms with Gasteiger partial charge < -0.3 is 15.0 Å². The van der Waals surface area contributed by atoms with Crippen LogP contribution in [-0.4, -0.2) is 23.5 Å². The van der Waals surface area contributed by atoms with Crippen LogP contribution in [0.1, 0.15) is 42.7 Å². The molecule has 1 amide bonds. The molecule has 19 heavy (non-hydrogen) atoms. The zero-order valence-corrected chi connectivity index (χ0v) is 11.6. The number of carbonyl (C=O) groups excluding carboxylic acids is 2. The predicted octanol–water partition coefficient (Wildman–Crippen LogP) is 2.48. The average molecular weight is 264 g/mol. The Morgan fingerprint density at radius 2 is 2.21 bits per heavy atom. The summed E-state index contributed by atoms with van der Waals surface area (Å²) in [5, 5.41) is 2.82. The summed E-state index contributed by atoms with van der Waals surface area (Å²) >= 11 is 0. The van der Waals surface area contributed by atoms with Gasteiger partial charge in [-0.05, 0) is 32.6 Å². The Hall–Kier alpha value is -1.78. The molecule has 1 aromatic heterocycles. The molecule has 0 radical (unpaired) electrons. The van der Waals surface area contributed by atoms with Gasteiger partial charge in [0.25, 0.3) is 0 Å². The molecule has 1 fully saturated rings. The first kappa shape index (κ1) is 13.6. The van der Waals surface area contributed by atoms with E-state index in [-0.39, 0.29) is 11.8 Å². The minimum absolute atomic E-state index is 0.00903. The number of hydrogen-bond acceptors (Lipinski definition) is 3. The highest BCUT2D eigenvalue weighted by atomic mass is 16.5. The molecule has 0 spiro atoms. The maximum atomic E-state index is 12.1. The van der Waals surface area contributed by atoms with Gasteiger partial charge in [0.1, 0.15) is 5.56 Å². The maximum Gasteiger partial charge on any atom is 0.342 e. The van der Waals surface area contributed by atoms with Crippen molar-refractivity contribution in [3.05, 3.63) is 17.5 Å². The Kier molecular flexibility index (Phi) is 3.93. The maximum absolute atomic E-state index is 12.1. The number of esters is 1. The van der Waals surface area contributed by atoms with E-state index >= 15 is 0 Å². The summed E-state index contributed by atoms with van der Waals surface area (Å²) in [6.07, 6.45) is 3.87. The summed E-state index contributed by atoms with van der Waals surface area (Å²) in [5.74, 6) is 0.0407. The van der Waals surface area contributed by atoms with Crippen LogP contribution in [0.5, 0.6) is 0 Å². The summed E-state index contributed by atoms with van der Waals surface area (Å²) < 4.78 is 5.00. The first-order valence-corrected chi connectivity index (χ1v) is 6.70. The van der Waals surface area contributed by atoms with E-state index in [9.17, 15) is 9.59 Å². The Morgan fingerprint density at radius 3 is 2.79 bits per heavy atom. The smallest absolute Gasteiger partial charge is 0.342 e. The lowest BCUT2D eigenvalue weighted by Crippen LogP contribution is -2.23. The van der Waals surface area contributed by atoms with E-state index in [0.29, 0.717) is 29.5 Å². The third-order valence-corrected chi connectivity index (χ3v) is 3.56. The lowest BCUT2D eigenvalue weighted by Gasteiger charge is -2.11. The molecule has 2 rings (SSSR count). The van der Waals surface area contributed by atoms with Crippen LogP contribution in [0.25, 0.3) is 0 Å². The molecule has 5 nitrogen and oxygen atoms in total. The number of amides is 1. The molecule has 104 valence electrons. The van der Waals surface area contributed by atoms with Crippen LogP contribution in [0.3, 0.4) is 0 Å². The van der Waals surface area contributed by atoms with Crippen molar-refractivity contribution in [2.75, 3.05) is 11.9 Å². The van der Waals surface area contributed by atoms with Crippen molar-refractivity contribution in [2.45, 2.75) is 33.6 Å². The molecule has 2 N–H and O–H groups in total. The summed E-state index contributed by atoms with van der Waals surface area (Å²) in [4.78, 5) is 26.9. The molecule has 0 saturated heterocycles. The molecule has 1 aliphatic carbocycles. The van der Waals surface area contributed by atoms with Gasteiger partial charge in [-0.15, -0.1) is 0 Å². The van der Waals surface area contributed by atoms with E-state index in [1.165, 1.54) is 0 Å². The number of carbonyl (C=O) groups is 2. The first-order valence-electron chi connectivity index (χ1n) is 6.70. The second kappa shape index (κ2) is 5.47. The molecule has 0 bridgehead atoms. The number of ether oxygens (including phenoxy) is 1. The number of rotatable bonds is 5. The Labute approximate surface area is 112 Å². The molecule has 1 aromatic rings. The van der Waals surface area contributed by atoms with Gasteiger partial charge in [0.15, 0.2) is 0 Å². The minimum Gasteiger partial charge on any atom is -0.462 e. The number of H-pyrrole nitrogens is 1. The van der Waals surface area contributed by atoms with Crippen molar-refractivity contribution in [3.63, 3.8) is 0 Å². The number of nitrogens with one attached hydrogen (secondary N) is 2. The number of hydrogen-bond donors (Lipinski definition) is 2. The van der Waals surface area contributed by atoms with E-state index in [1.807, 2.05) is 6.92 Å². The highest BCUT2D eigenvalue weighted by Crippen LogP contribution is 2.37. The van der Waals surface area contributed by atoms with Gasteiger partial charge in [-0.1, -0.05) is 6.92 Å². The Balaban J connectivity index is 2.11. The van der Waals surface area contributed by atoms with E-state index < -0.39 is 5.97 Å². The van der Waals surface area contributed by atoms with Crippen molar-refractivity contribution in [1.29, 1.82) is 0 Å². The van der Waals surface area contributed by atoms with E-state index in [0.717, 1.165) is 12.8 Å². The van der Waals surface area contributed by atoms with Crippen LogP contribution in [0.2, 0.25) is 0 Å². The van der Waals surface area contributed by atoms with Crippen LogP contribution in [0.15, 0.2) is 6.20 Å². The topological polar surface area (TPSA) is 71.2 Å². The minimum atomic E-state index is -0.407. The molecule has 1 aliphatic rings. The standard InChI is InChI=1S/C14H20N2O3/c1-4-19-14(18)12-9(3)15-7-11(12)16-13(17)8(2)10-5-6-10/h7-8,10,15H,4-6H2,1-3H3,(H,16,17). The molecular weight excluding hydrogens is 244 g/mol. The van der Waals surface area contributed by atoms with Gasteiger partial charge in [0.2, 0.25) is 5.91 Å². The van der Waals surface area contributed by atoms with Crippen molar-refractivity contribution < 1.29 is 14.3 Å². The second-order valence-corrected chi connectivity index (χ2v) is 5.04. The quantitative estimate of drug-likeness (QED) is 0.803. The van der Waals surface area contributed by atoms with Crippen molar-refractivity contribution >= 4 is 17.6 Å². The summed E-state index contributed by atoms with van der Waals surface area (Å²) in [6.45, 7) is 5.78. The number of anilines is 1. The lowest BCUT2D eigenvalue weighted by molar-refractivity contribution is -0.119. The van der Waals surface area contributed by atoms with Gasteiger partial charge in [0.05, 0.1) is 12.3 Å². The Morgan fingerprint density at radius 1 is 1.53 bits per heavy atom. The molecule has 0 aliphatic heterocycles. The summed E-state index contributed by atoms with van der Waals surface area (Å²) in [6, 6.07) is 0. The van der Waals surface area contributed by atoms with Crippen LogP contribution < -0.4 is 5.32 Å². The Bertz CT molecular complexity index is 489. The SMILES string of the molecule is CCOC(=O)c1c(NC(=O)C(C)C2CC2)c[nH]c1C. The van der Waals surface area contributed by atoms with Gasteiger partial charge in [-0.3, -0.25) is 4.79 Å². The fourth-order valence-electron chi connectivity index (χ4n) is 2.15. The van der Waals surface area contributed by atoms with Crippen LogP contribution in [0, 0.1) is 18.8 Å². The zero-order chi connectivity index (χ0) is 14.0. The first-order chi connectivity index (χ1) is 9.04. The third-order valence-electron chi connectivity index (χ3n) is 3.56. The number of aromatic amines is 1. The molecule has 0 aromatic carbocycles. The van der Waals surface area contributed by atoms with E-state index in [1.54, 1.807) is 20.0 Å². The molecule has 5 heteroatoms. The van der Waals surface area contributed by atoms with Gasteiger partial charge in [-0.25, -0.2) is 4.79 Å². The zero-order valence-electron chi connectivity index (χ0n) is 11.6. The molecule has 1 atom stereocenters. The van der Waals surface area contributed by atoms with Crippen LogP contribution in [-0.2, 0) is 9.53 Å². The second-order valence-electron chi connectivity index (χ2n) is 5.04. The normalized spacial score (nSPS) is 15.9. The highest BCUT2D eigenvalue weighted by Gasteiger charge is 2.33. The van der Waals surface area contributed by atoms with Crippen LogP contribution in [0.4, 0.5) is 5.69 Å². The fourth-order valence-corrected chi connectivity index (χ4v) is 2.15. The molecule has 1 unspecified atom stereocenters. The largest absolute Gasteiger partial charge is 0.462 e. The van der Waals surface area contributed by atoms with E-state index in [4.69, 9.17) is 4.74 Å². The number of aromatic nitrogens is 1. The van der Waals surface area contributed by atoms with Crippen molar-refractivity contribution in [3.8, 4) is 0 Å². The lowest BCUT2D eigenvalue weighted by atomic mass is 10.1. The number of aryl methyl sites for hydroxylation is 1. The summed E-state index contributed by atoms with van der Waals surface area (Å²) in [7, 11) is 0. The van der Waals surface area contributed by atoms with Gasteiger partial charge >= 0.3 is 5.97 Å². The van der Waals surface area contributed by atoms with Gasteiger partial charge in [0, 0.05) is 17.8 Å². The molecule has 1 heterocycles. The average Bonchev–Trinajstić information content (AvgIpc) is 3.14.